The van der Waals surface area contributed by atoms with E-state index < -0.39 is 242 Å². The lowest BCUT2D eigenvalue weighted by Gasteiger charge is -2.57. The van der Waals surface area contributed by atoms with Crippen LogP contribution in [0.15, 0.2) is 0 Å². The van der Waals surface area contributed by atoms with E-state index in [1.807, 2.05) is 55.4 Å². The van der Waals surface area contributed by atoms with E-state index >= 15 is 0 Å². The Kier molecular flexibility index (Phi) is 48.3. The number of hydrogen-bond donors (Lipinski definition) is 6. The van der Waals surface area contributed by atoms with Crippen LogP contribution in [-0.4, -0.2) is 294 Å². The Labute approximate surface area is 740 Å². The van der Waals surface area contributed by atoms with Crippen molar-refractivity contribution < 1.29 is 212 Å². The number of hydrogen-bond acceptors (Lipinski definition) is 45. The second-order valence-corrected chi connectivity index (χ2v) is 35.3. The number of methoxy groups -OCH3 is 3. The number of fused-ring (bicyclic) bond motifs is 3. The molecule has 0 aromatic carbocycles. The first-order valence-corrected chi connectivity index (χ1v) is 45.2. The maximum atomic E-state index is 14.9. The van der Waals surface area contributed by atoms with Crippen LogP contribution in [0.3, 0.4) is 0 Å². The van der Waals surface area contributed by atoms with E-state index in [4.69, 9.17) is 125 Å². The number of carbonyl (C=O) groups is 7. The Bertz CT molecular complexity index is 3310. The third-order valence-electron chi connectivity index (χ3n) is 20.7. The Morgan fingerprint density at radius 2 is 0.784 bits per heavy atom. The summed E-state index contributed by atoms with van der Waals surface area (Å²) in [4.78, 5) is 100. The summed E-state index contributed by atoms with van der Waals surface area (Å²) >= 11 is -0.166. The molecule has 7 fully saturated rings. The fourth-order valence-electron chi connectivity index (χ4n) is 14.7. The predicted octanol–water partition coefficient (Wildman–Crippen LogP) is 9.06. The fraction of sp³-hybridized carbons (Fsp3) is 0.908. The molecule has 10 unspecified atom stereocenters. The van der Waals surface area contributed by atoms with Gasteiger partial charge in [-0.05, 0) is 49.4 Å². The topological polar surface area (TPSA) is 552 Å². The minimum Gasteiger partial charge on any atom is -0.479 e. The van der Waals surface area contributed by atoms with Crippen LogP contribution in [-0.2, 0) is 184 Å². The Balaban J connectivity index is 1.55. The van der Waals surface area contributed by atoms with Gasteiger partial charge in [-0.25, -0.2) is 29.5 Å². The first kappa shape index (κ1) is 110. The largest absolute Gasteiger partial charge is 0.479 e. The summed E-state index contributed by atoms with van der Waals surface area (Å²) < 4.78 is 200. The number of unbranched alkanes of at least 4 members (excludes halogenated alkanes) is 10. The number of aliphatic carboxylic acids is 2. The average Bonchev–Trinajstić information content (AvgIpc) is 0.719. The third kappa shape index (κ3) is 33.1. The van der Waals surface area contributed by atoms with Gasteiger partial charge in [-0.2, -0.15) is 8.42 Å². The molecule has 125 heavy (non-hydrogen) atoms. The molecule has 7 heterocycles. The summed E-state index contributed by atoms with van der Waals surface area (Å²) in [5, 5.41) is 63.8. The van der Waals surface area contributed by atoms with Crippen LogP contribution >= 0.6 is 37.0 Å². The Morgan fingerprint density at radius 1 is 0.408 bits per heavy atom. The van der Waals surface area contributed by atoms with Crippen molar-refractivity contribution in [2.45, 2.75) is 370 Å². The van der Waals surface area contributed by atoms with Crippen LogP contribution < -0.4 is 0 Å². The zero-order valence-electron chi connectivity index (χ0n) is 73.1. The van der Waals surface area contributed by atoms with Crippen molar-refractivity contribution in [2.24, 2.45) is 10.8 Å². The Morgan fingerprint density at radius 3 is 1.18 bits per heavy atom. The number of rotatable bonds is 60. The van der Waals surface area contributed by atoms with E-state index in [1.165, 1.54) is 14.0 Å². The lowest BCUT2D eigenvalue weighted by atomic mass is 9.83. The van der Waals surface area contributed by atoms with Crippen LogP contribution in [0.2, 0.25) is 0 Å². The summed E-state index contributed by atoms with van der Waals surface area (Å²) in [6.45, 7) is 18.8. The van der Waals surface area contributed by atoms with Gasteiger partial charge in [0.05, 0.1) is 39.6 Å². The first-order valence-electron chi connectivity index (χ1n) is 41.8. The third-order valence-corrected chi connectivity index (χ3v) is 22.4. The molecular formula is C76H128O45S4. The van der Waals surface area contributed by atoms with Gasteiger partial charge in [0.2, 0.25) is 5.60 Å². The molecule has 49 heteroatoms. The molecule has 0 saturated carbocycles. The summed E-state index contributed by atoms with van der Waals surface area (Å²) in [5.41, 5.74) is -6.79. The van der Waals surface area contributed by atoms with E-state index in [-0.39, 0.29) is 115 Å². The first-order chi connectivity index (χ1) is 59.5. The number of esters is 5. The lowest BCUT2D eigenvalue weighted by molar-refractivity contribution is -0.439. The number of carboxylic acid groups (broad SMARTS) is 2. The van der Waals surface area contributed by atoms with Crippen molar-refractivity contribution in [3.05, 3.63) is 0 Å². The van der Waals surface area contributed by atoms with Gasteiger partial charge in [0.25, 0.3) is 0 Å². The van der Waals surface area contributed by atoms with Crippen LogP contribution in [0.4, 0.5) is 0 Å². The number of ether oxygens (including phenoxy) is 20. The lowest BCUT2D eigenvalue weighted by Crippen LogP contribution is -2.77. The summed E-state index contributed by atoms with van der Waals surface area (Å²) in [5.74, 6) is -8.26. The maximum Gasteiger partial charge on any atom is 0.397 e. The second-order valence-electron chi connectivity index (χ2n) is 32.8. The molecule has 2 bridgehead atoms. The van der Waals surface area contributed by atoms with Crippen molar-refractivity contribution >= 4 is 89.2 Å². The van der Waals surface area contributed by atoms with E-state index in [0.717, 1.165) is 20.6 Å². The van der Waals surface area contributed by atoms with Gasteiger partial charge < -0.3 is 105 Å². The van der Waals surface area contributed by atoms with Gasteiger partial charge in [-0.3, -0.25) is 41.1 Å². The quantitative estimate of drug-likeness (QED) is 0.00628. The molecule has 6 N–H and O–H groups in total. The molecule has 45 nitrogen and oxygen atoms in total. The normalized spacial score (nSPS) is 32.0. The predicted molar refractivity (Wildman–Crippen MR) is 425 cm³/mol. The zero-order chi connectivity index (χ0) is 92.2. The van der Waals surface area contributed by atoms with Gasteiger partial charge in [0, 0.05) is 53.4 Å². The minimum absolute atomic E-state index is 0.0883. The van der Waals surface area contributed by atoms with Crippen molar-refractivity contribution in [2.75, 3.05) is 61.0 Å². The average molecular weight is 1890 g/mol. The van der Waals surface area contributed by atoms with Gasteiger partial charge in [-0.15, -0.1) is 13.0 Å². The summed E-state index contributed by atoms with van der Waals surface area (Å²) in [6, 6.07) is 0. The molecule has 25 atom stereocenters. The molecule has 0 radical (unpaired) electrons. The number of carboxylic acids is 2. The standard InChI is InChI=1S/C76H128O45S4/c1-16-22-27-32-46(77)102-51-45(39-98-125(89,90)91)101-67(60(105-49(80)35-30-25-19-4)54(51)103-47(78)33-28-23-17-2)109-64-58(93-14)61(106-50(81)36-31-26-20-5)70(111-75(64,21-6)71(82)83)108-53-44(38-96-41-74(10,11)12)100-68(63(115-124-121-118-88)56(53)113-122-119-116-86)110-65-57(92-13)59-69(112-76(65,42-97-59)72(84)85)107-52-43(37-95-40-73(7,8)9)99-66(94-15)62(114-123-120-117-87)55(52)104-48(79)34-29-24-18-3/h43-45,51-70,86-88H,16-42H2,1-15H3,(H,82,83)(H,84,85)(H,89,90,91)/t43?,44?,45?,51-,52-,53-,54+,55+,56+,57-,58-,59?,60?,61?,62?,63?,64+,65+,66+,67+,68+,69-,70-,75?,76?/m1/s1. The van der Waals surface area contributed by atoms with Gasteiger partial charge in [0.15, 0.2) is 117 Å². The van der Waals surface area contributed by atoms with Gasteiger partial charge >= 0.3 is 52.2 Å². The minimum atomic E-state index is -5.41. The van der Waals surface area contributed by atoms with E-state index in [2.05, 4.69) is 19.4 Å². The molecule has 0 aromatic rings. The van der Waals surface area contributed by atoms with Crippen molar-refractivity contribution in [1.82, 2.24) is 0 Å². The molecule has 726 valence electrons. The Hall–Kier alpha value is -3.87. The van der Waals surface area contributed by atoms with E-state index in [9.17, 15) is 67.3 Å². The molecule has 7 rings (SSSR count). The summed E-state index contributed by atoms with van der Waals surface area (Å²) in [6.07, 6.45) is -38.0. The fourth-order valence-corrected chi connectivity index (χ4v) is 16.0. The molecule has 0 aromatic heterocycles. The van der Waals surface area contributed by atoms with Crippen LogP contribution in [0.1, 0.15) is 218 Å². The monoisotopic (exact) mass is 1890 g/mol. The highest BCUT2D eigenvalue weighted by Gasteiger charge is 2.70. The summed E-state index contributed by atoms with van der Waals surface area (Å²) in [7, 11) is -1.95. The van der Waals surface area contributed by atoms with Gasteiger partial charge in [0.1, 0.15) is 67.1 Å². The van der Waals surface area contributed by atoms with Crippen molar-refractivity contribution in [1.29, 1.82) is 0 Å². The highest BCUT2D eigenvalue weighted by atomic mass is 32.3. The molecule has 0 aliphatic carbocycles. The van der Waals surface area contributed by atoms with E-state index in [1.54, 1.807) is 20.8 Å². The maximum absolute atomic E-state index is 14.9. The molecular weight excluding hydrogens is 1760 g/mol. The van der Waals surface area contributed by atoms with E-state index in [0.29, 0.717) is 64.2 Å². The van der Waals surface area contributed by atoms with Crippen LogP contribution in [0.25, 0.3) is 0 Å². The molecule has 0 spiro atoms. The molecule has 7 saturated heterocycles. The smallest absolute Gasteiger partial charge is 0.397 e. The van der Waals surface area contributed by atoms with Gasteiger partial charge in [-0.1, -0.05) is 162 Å². The second kappa shape index (κ2) is 55.0. The highest BCUT2D eigenvalue weighted by molar-refractivity contribution is 7.90. The van der Waals surface area contributed by atoms with Crippen molar-refractivity contribution in [3.8, 4) is 0 Å². The SMILES string of the molecule is CCCCCC(=O)OC1[C@H](O[C@H]2[C@H](OC)C(OC(=O)CCCCC)[C@H](O[C@@H]3C(COCC(C)(C)C)O[C@@H](O[C@H]4[C@H](OC)C5OCC4(C(=O)O)O[C@H]5O[C@@H]4C(COCC(C)(C)C)O[C@H](OC)C(OSOOO)[C@H]4OC(=O)CCCCC)C(OSOOO)[C@H]3OSOOO)OC2(CC)C(=O)O)OC(COS(=O)(=O)O)[C@@H](OC(=O)CCCCC)[C@@H]1OC(=O)CCCCC. The number of carbonyl (C=O) groups excluding carboxylic acids is 5. The molecule has 7 aliphatic heterocycles. The zero-order valence-corrected chi connectivity index (χ0v) is 76.4. The molecule has 7 aliphatic rings. The molecule has 0 amide bonds. The van der Waals surface area contributed by atoms with Crippen LogP contribution in [0, 0.1) is 10.8 Å². The van der Waals surface area contributed by atoms with Crippen LogP contribution in [0.5, 0.6) is 0 Å². The highest BCUT2D eigenvalue weighted by Crippen LogP contribution is 2.48. The van der Waals surface area contributed by atoms with Crippen molar-refractivity contribution in [3.63, 3.8) is 0 Å².